The van der Waals surface area contributed by atoms with Gasteiger partial charge in [-0.05, 0) is 61.7 Å². The van der Waals surface area contributed by atoms with Crippen LogP contribution in [0.25, 0.3) is 0 Å². The van der Waals surface area contributed by atoms with Gasteiger partial charge in [-0.15, -0.1) is 0 Å². The first-order chi connectivity index (χ1) is 10.9. The largest absolute Gasteiger partial charge is 0.343 e. The molecule has 0 saturated heterocycles. The van der Waals surface area contributed by atoms with Crippen LogP contribution in [0.15, 0.2) is 36.4 Å². The molecule has 0 atom stereocenters. The van der Waals surface area contributed by atoms with E-state index in [9.17, 15) is 9.59 Å². The van der Waals surface area contributed by atoms with Crippen molar-refractivity contribution in [2.45, 2.75) is 20.8 Å². The molecule has 2 amide bonds. The molecule has 2 aromatic carbocycles. The van der Waals surface area contributed by atoms with Crippen molar-refractivity contribution in [3.05, 3.63) is 63.7 Å². The lowest BCUT2D eigenvalue weighted by Gasteiger charge is -2.10. The monoisotopic (exact) mass is 330 g/mol. The highest BCUT2D eigenvalue weighted by Crippen LogP contribution is 2.19. The molecule has 120 valence electrons. The molecule has 2 N–H and O–H groups in total. The summed E-state index contributed by atoms with van der Waals surface area (Å²) in [5.41, 5.74) is 4.25. The second-order valence-electron chi connectivity index (χ2n) is 5.49. The first-order valence-corrected chi connectivity index (χ1v) is 7.66. The molecule has 0 bridgehead atoms. The fourth-order valence-electron chi connectivity index (χ4n) is 2.07. The fraction of sp³-hybridized carbons (Fsp3) is 0.222. The number of benzene rings is 2. The summed E-state index contributed by atoms with van der Waals surface area (Å²) in [5, 5.41) is 5.90. The molecule has 0 aliphatic carbocycles. The molecule has 2 aromatic rings. The maximum absolute atomic E-state index is 12.1. The normalized spacial score (nSPS) is 10.3. The predicted molar refractivity (Wildman–Crippen MR) is 93.1 cm³/mol. The van der Waals surface area contributed by atoms with Gasteiger partial charge in [-0.2, -0.15) is 0 Å². The first kappa shape index (κ1) is 17.0. The van der Waals surface area contributed by atoms with E-state index in [1.54, 1.807) is 18.2 Å². The van der Waals surface area contributed by atoms with E-state index >= 15 is 0 Å². The van der Waals surface area contributed by atoms with Gasteiger partial charge in [0.25, 0.3) is 5.91 Å². The summed E-state index contributed by atoms with van der Waals surface area (Å²) in [5.74, 6) is -0.571. The minimum Gasteiger partial charge on any atom is -0.343 e. The van der Waals surface area contributed by atoms with Crippen LogP contribution in [0, 0.1) is 20.8 Å². The number of hydrogen-bond acceptors (Lipinski definition) is 2. The third kappa shape index (κ3) is 4.57. The van der Waals surface area contributed by atoms with Gasteiger partial charge in [0.1, 0.15) is 0 Å². The van der Waals surface area contributed by atoms with Crippen LogP contribution in [0.4, 0.5) is 5.69 Å². The second-order valence-corrected chi connectivity index (χ2v) is 5.93. The summed E-state index contributed by atoms with van der Waals surface area (Å²) in [7, 11) is 0. The summed E-state index contributed by atoms with van der Waals surface area (Å²) >= 11 is 5.91. The molecule has 0 aliphatic rings. The number of hydrogen-bond donors (Lipinski definition) is 2. The van der Waals surface area contributed by atoms with Gasteiger partial charge in [-0.25, -0.2) is 0 Å². The Labute approximate surface area is 140 Å². The lowest BCUT2D eigenvalue weighted by molar-refractivity contribution is -0.115. The van der Waals surface area contributed by atoms with E-state index in [1.807, 2.05) is 39.0 Å². The highest BCUT2D eigenvalue weighted by molar-refractivity contribution is 6.31. The number of rotatable bonds is 4. The van der Waals surface area contributed by atoms with Crippen LogP contribution in [-0.4, -0.2) is 18.4 Å². The third-order valence-electron chi connectivity index (χ3n) is 3.65. The van der Waals surface area contributed by atoms with Crippen molar-refractivity contribution in [1.82, 2.24) is 5.32 Å². The van der Waals surface area contributed by atoms with E-state index in [-0.39, 0.29) is 18.4 Å². The Morgan fingerprint density at radius 2 is 1.65 bits per heavy atom. The van der Waals surface area contributed by atoms with E-state index in [0.717, 1.165) is 16.7 Å². The van der Waals surface area contributed by atoms with Gasteiger partial charge < -0.3 is 10.6 Å². The van der Waals surface area contributed by atoms with Gasteiger partial charge in [0, 0.05) is 16.3 Å². The summed E-state index contributed by atoms with van der Waals surface area (Å²) in [6.07, 6.45) is 0. The van der Waals surface area contributed by atoms with Crippen LogP contribution >= 0.6 is 11.6 Å². The van der Waals surface area contributed by atoms with Crippen LogP contribution in [0.2, 0.25) is 5.02 Å². The van der Waals surface area contributed by atoms with Crippen LogP contribution in [0.3, 0.4) is 0 Å². The molecule has 2 rings (SSSR count). The zero-order valence-electron chi connectivity index (χ0n) is 13.4. The van der Waals surface area contributed by atoms with Crippen molar-refractivity contribution in [3.63, 3.8) is 0 Å². The van der Waals surface area contributed by atoms with Crippen molar-refractivity contribution in [1.29, 1.82) is 0 Å². The molecule has 0 unspecified atom stereocenters. The molecule has 0 aliphatic heterocycles. The highest BCUT2D eigenvalue weighted by atomic mass is 35.5. The highest BCUT2D eigenvalue weighted by Gasteiger charge is 2.10. The number of aryl methyl sites for hydroxylation is 3. The molecule has 0 fully saturated rings. The summed E-state index contributed by atoms with van der Waals surface area (Å²) in [4.78, 5) is 24.0. The maximum atomic E-state index is 12.1. The van der Waals surface area contributed by atoms with Gasteiger partial charge >= 0.3 is 0 Å². The van der Waals surface area contributed by atoms with Gasteiger partial charge in [0.15, 0.2) is 0 Å². The number of nitrogens with one attached hydrogen (secondary N) is 2. The summed E-state index contributed by atoms with van der Waals surface area (Å²) < 4.78 is 0. The SMILES string of the molecule is Cc1ccc(C(=O)NCC(=O)Nc2cc(Cl)ccc2C)cc1C. The van der Waals surface area contributed by atoms with E-state index in [4.69, 9.17) is 11.6 Å². The average molecular weight is 331 g/mol. The number of carbonyl (C=O) groups excluding carboxylic acids is 2. The van der Waals surface area contributed by atoms with Crippen LogP contribution in [0.5, 0.6) is 0 Å². The van der Waals surface area contributed by atoms with E-state index in [1.165, 1.54) is 0 Å². The molecule has 0 spiro atoms. The average Bonchev–Trinajstić information content (AvgIpc) is 2.51. The predicted octanol–water partition coefficient (Wildman–Crippen LogP) is 3.63. The number of halogens is 1. The Morgan fingerprint density at radius 3 is 2.35 bits per heavy atom. The van der Waals surface area contributed by atoms with Gasteiger partial charge in [-0.3, -0.25) is 9.59 Å². The Hall–Kier alpha value is -2.33. The van der Waals surface area contributed by atoms with Crippen LogP contribution < -0.4 is 10.6 Å². The van der Waals surface area contributed by atoms with Crippen molar-refractivity contribution in [2.75, 3.05) is 11.9 Å². The minimum absolute atomic E-state index is 0.0995. The molecule has 23 heavy (non-hydrogen) atoms. The minimum atomic E-state index is -0.299. The van der Waals surface area contributed by atoms with Gasteiger partial charge in [0.05, 0.1) is 6.54 Å². The maximum Gasteiger partial charge on any atom is 0.251 e. The lowest BCUT2D eigenvalue weighted by atomic mass is 10.1. The zero-order valence-corrected chi connectivity index (χ0v) is 14.1. The van der Waals surface area contributed by atoms with Crippen LogP contribution in [-0.2, 0) is 4.79 Å². The van der Waals surface area contributed by atoms with E-state index in [0.29, 0.717) is 16.3 Å². The summed E-state index contributed by atoms with van der Waals surface area (Å²) in [6, 6.07) is 10.7. The Kier molecular flexibility index (Phi) is 5.40. The molecule has 0 radical (unpaired) electrons. The topological polar surface area (TPSA) is 58.2 Å². The molecular weight excluding hydrogens is 312 g/mol. The fourth-order valence-corrected chi connectivity index (χ4v) is 2.24. The lowest BCUT2D eigenvalue weighted by Crippen LogP contribution is -2.33. The first-order valence-electron chi connectivity index (χ1n) is 7.28. The molecule has 5 heteroatoms. The third-order valence-corrected chi connectivity index (χ3v) is 3.89. The van der Waals surface area contributed by atoms with Crippen molar-refractivity contribution in [3.8, 4) is 0 Å². The molecule has 4 nitrogen and oxygen atoms in total. The molecule has 0 aromatic heterocycles. The van der Waals surface area contributed by atoms with E-state index in [2.05, 4.69) is 10.6 Å². The quantitative estimate of drug-likeness (QED) is 0.899. The zero-order chi connectivity index (χ0) is 17.0. The summed E-state index contributed by atoms with van der Waals surface area (Å²) in [6.45, 7) is 5.70. The van der Waals surface area contributed by atoms with Gasteiger partial charge in [-0.1, -0.05) is 23.7 Å². The van der Waals surface area contributed by atoms with Crippen LogP contribution in [0.1, 0.15) is 27.0 Å². The smallest absolute Gasteiger partial charge is 0.251 e. The van der Waals surface area contributed by atoms with Crippen molar-refractivity contribution < 1.29 is 9.59 Å². The number of anilines is 1. The van der Waals surface area contributed by atoms with Crippen molar-refractivity contribution >= 4 is 29.1 Å². The van der Waals surface area contributed by atoms with E-state index < -0.39 is 0 Å². The molecule has 0 saturated carbocycles. The Balaban J connectivity index is 1.94. The van der Waals surface area contributed by atoms with Crippen molar-refractivity contribution in [2.24, 2.45) is 0 Å². The Morgan fingerprint density at radius 1 is 0.957 bits per heavy atom. The Bertz CT molecular complexity index is 757. The molecule has 0 heterocycles. The standard InChI is InChI=1S/C18H19ClN2O2/c1-11-4-6-14(8-13(11)3)18(23)20-10-17(22)21-16-9-15(19)7-5-12(16)2/h4-9H,10H2,1-3H3,(H,20,23)(H,21,22). The second kappa shape index (κ2) is 7.29. The van der Waals surface area contributed by atoms with Gasteiger partial charge in [0.2, 0.25) is 5.91 Å². The number of amides is 2. The number of carbonyl (C=O) groups is 2. The molecular formula is C18H19ClN2O2.